The van der Waals surface area contributed by atoms with Gasteiger partial charge in [0.2, 0.25) is 0 Å². The zero-order valence-corrected chi connectivity index (χ0v) is 17.4. The van der Waals surface area contributed by atoms with Gasteiger partial charge in [-0.15, -0.1) is 0 Å². The van der Waals surface area contributed by atoms with E-state index in [0.717, 1.165) is 0 Å². The lowest BCUT2D eigenvalue weighted by atomic mass is 10.0. The van der Waals surface area contributed by atoms with Crippen LogP contribution in [0.25, 0.3) is 54.2 Å². The van der Waals surface area contributed by atoms with E-state index in [0.29, 0.717) is 0 Å². The average molecular weight is 402 g/mol. The van der Waals surface area contributed by atoms with Crippen LogP contribution in [0, 0.1) is 20.9 Å². The van der Waals surface area contributed by atoms with E-state index in [2.05, 4.69) is 109 Å². The quantitative estimate of drug-likeness (QED) is 0.259. The number of rotatable bonds is 1. The maximum absolute atomic E-state index is 2.40. The molecule has 0 radical (unpaired) electrons. The molecule has 4 aromatic carbocycles. The fourth-order valence-electron chi connectivity index (χ4n) is 6.03. The van der Waals surface area contributed by atoms with Crippen molar-refractivity contribution in [1.82, 2.24) is 0 Å². The van der Waals surface area contributed by atoms with Gasteiger partial charge in [0.25, 0.3) is 0 Å². The maximum atomic E-state index is 2.40. The van der Waals surface area contributed by atoms with Crippen LogP contribution in [0.3, 0.4) is 0 Å². The zero-order valence-electron chi connectivity index (χ0n) is 17.4. The lowest BCUT2D eigenvalue weighted by Gasteiger charge is -2.03. The van der Waals surface area contributed by atoms with Gasteiger partial charge in [0.15, 0.2) is 0 Å². The second-order valence-electron chi connectivity index (χ2n) is 8.95. The minimum atomic E-state index is 1.29. The molecule has 0 unspecified atom stereocenters. The zero-order chi connectivity index (χ0) is 20.8. The van der Waals surface area contributed by atoms with Crippen LogP contribution in [0.1, 0.15) is 0 Å². The summed E-state index contributed by atoms with van der Waals surface area (Å²) in [5.74, 6) is 0. The van der Waals surface area contributed by atoms with Gasteiger partial charge in [-0.25, -0.2) is 0 Å². The van der Waals surface area contributed by atoms with Crippen LogP contribution in [-0.2, 0) is 0 Å². The summed E-state index contributed by atoms with van der Waals surface area (Å²) in [5.41, 5.74) is 2.64. The molecule has 0 saturated carbocycles. The highest BCUT2D eigenvalue weighted by Gasteiger charge is 2.15. The lowest BCUT2D eigenvalue weighted by Crippen LogP contribution is -1.77. The second-order valence-corrected chi connectivity index (χ2v) is 8.95. The molecule has 0 N–H and O–H groups in total. The van der Waals surface area contributed by atoms with E-state index < -0.39 is 0 Å². The minimum Gasteiger partial charge on any atom is -0.0610 e. The Morgan fingerprint density at radius 3 is 1.16 bits per heavy atom. The molecule has 4 aromatic rings. The lowest BCUT2D eigenvalue weighted by molar-refractivity contribution is 1.71. The van der Waals surface area contributed by atoms with Crippen LogP contribution in [0.4, 0.5) is 0 Å². The molecule has 0 heterocycles. The third kappa shape index (κ3) is 1.98. The molecule has 32 heavy (non-hydrogen) atoms. The fraction of sp³-hybridized carbons (Fsp3) is 0. The van der Waals surface area contributed by atoms with E-state index in [1.807, 2.05) is 0 Å². The molecule has 0 saturated heterocycles. The fourth-order valence-corrected chi connectivity index (χ4v) is 6.03. The third-order valence-corrected chi connectivity index (χ3v) is 7.26. The highest BCUT2D eigenvalue weighted by atomic mass is 14.2. The molecule has 0 nitrogen and oxygen atoms in total. The molecular formula is C32H18. The van der Waals surface area contributed by atoms with Crippen LogP contribution < -0.4 is 0 Å². The van der Waals surface area contributed by atoms with E-state index >= 15 is 0 Å². The van der Waals surface area contributed by atoms with Crippen LogP contribution in [0.15, 0.2) is 109 Å². The Morgan fingerprint density at radius 2 is 0.688 bits per heavy atom. The molecule has 146 valence electrons. The summed E-state index contributed by atoms with van der Waals surface area (Å²) < 4.78 is 0. The Hall–Kier alpha value is -4.16. The van der Waals surface area contributed by atoms with Gasteiger partial charge in [-0.2, -0.15) is 0 Å². The minimum absolute atomic E-state index is 1.29. The second kappa shape index (κ2) is 5.75. The largest absolute Gasteiger partial charge is 0.0610 e. The van der Waals surface area contributed by atoms with Crippen molar-refractivity contribution in [3.63, 3.8) is 0 Å². The molecule has 0 spiro atoms. The van der Waals surface area contributed by atoms with Gasteiger partial charge < -0.3 is 0 Å². The monoisotopic (exact) mass is 402 g/mol. The molecule has 0 amide bonds. The van der Waals surface area contributed by atoms with Crippen molar-refractivity contribution in [2.75, 3.05) is 0 Å². The van der Waals surface area contributed by atoms with Gasteiger partial charge in [-0.1, -0.05) is 91.0 Å². The Labute approximate surface area is 184 Å². The number of hydrogen-bond donors (Lipinski definition) is 0. The molecule has 0 heteroatoms. The van der Waals surface area contributed by atoms with Gasteiger partial charge in [0, 0.05) is 0 Å². The Bertz CT molecular complexity index is 1940. The predicted molar refractivity (Wildman–Crippen MR) is 135 cm³/mol. The van der Waals surface area contributed by atoms with Crippen molar-refractivity contribution in [1.29, 1.82) is 0 Å². The first-order chi connectivity index (χ1) is 15.9. The standard InChI is InChI=1S/C32H18/c1-6-19-8-4-14-26-30(27-15-5-9-20(7-1)32(27)31(19)26)25-17-23-12-2-10-21-16-22-11-3-13-24(18-25)29(22)28(21)23/h1-18H. The van der Waals surface area contributed by atoms with E-state index in [9.17, 15) is 0 Å². The highest BCUT2D eigenvalue weighted by Crippen LogP contribution is 2.39. The van der Waals surface area contributed by atoms with Gasteiger partial charge in [0.1, 0.15) is 0 Å². The predicted octanol–water partition coefficient (Wildman–Crippen LogP) is 8.29. The molecule has 0 aromatic heterocycles. The van der Waals surface area contributed by atoms with E-state index in [4.69, 9.17) is 0 Å². The molecular weight excluding hydrogens is 384 g/mol. The SMILES string of the molecule is c1cc2cc(-c3c4cccc5cccc6cccc3c6=c54)cc3cccc4cc(c1)c2=c34. The van der Waals surface area contributed by atoms with Crippen LogP contribution in [0.5, 0.6) is 0 Å². The van der Waals surface area contributed by atoms with Crippen molar-refractivity contribution in [2.24, 2.45) is 0 Å². The first-order valence-corrected chi connectivity index (χ1v) is 11.2. The van der Waals surface area contributed by atoms with Crippen molar-refractivity contribution < 1.29 is 0 Å². The number of hydrogen-bond acceptors (Lipinski definition) is 0. The third-order valence-electron chi connectivity index (χ3n) is 7.26. The molecule has 0 aliphatic heterocycles. The van der Waals surface area contributed by atoms with E-state index in [-0.39, 0.29) is 0 Å². The van der Waals surface area contributed by atoms with E-state index in [1.54, 1.807) is 0 Å². The average Bonchev–Trinajstić information content (AvgIpc) is 3.22. The van der Waals surface area contributed by atoms with Gasteiger partial charge >= 0.3 is 0 Å². The summed E-state index contributed by atoms with van der Waals surface area (Å²) in [6.07, 6.45) is 0. The smallest absolute Gasteiger partial charge is 0.00201 e. The highest BCUT2D eigenvalue weighted by molar-refractivity contribution is 6.05. The topological polar surface area (TPSA) is 0 Å². The van der Waals surface area contributed by atoms with Crippen LogP contribution in [0.2, 0.25) is 0 Å². The first kappa shape index (κ1) is 16.5. The molecule has 4 aliphatic carbocycles. The van der Waals surface area contributed by atoms with Gasteiger partial charge in [-0.05, 0) is 93.3 Å². The van der Waals surface area contributed by atoms with Gasteiger partial charge in [-0.3, -0.25) is 0 Å². The normalized spacial score (nSPS) is 12.4. The molecule has 0 fully saturated rings. The number of benzene rings is 4. The summed E-state index contributed by atoms with van der Waals surface area (Å²) in [7, 11) is 0. The van der Waals surface area contributed by atoms with Crippen molar-refractivity contribution in [3.8, 4) is 11.1 Å². The summed E-state index contributed by atoms with van der Waals surface area (Å²) in [4.78, 5) is 0. The first-order valence-electron chi connectivity index (χ1n) is 11.2. The van der Waals surface area contributed by atoms with E-state index in [1.165, 1.54) is 75.1 Å². The van der Waals surface area contributed by atoms with Crippen molar-refractivity contribution >= 4 is 43.1 Å². The molecule has 0 atom stereocenters. The maximum Gasteiger partial charge on any atom is -0.00201 e. The van der Waals surface area contributed by atoms with Gasteiger partial charge in [0.05, 0.1) is 0 Å². The Balaban J connectivity index is 1.66. The summed E-state index contributed by atoms with van der Waals surface area (Å²) in [5, 5.41) is 16.1. The van der Waals surface area contributed by atoms with Crippen molar-refractivity contribution in [2.45, 2.75) is 0 Å². The Morgan fingerprint density at radius 1 is 0.312 bits per heavy atom. The summed E-state index contributed by atoms with van der Waals surface area (Å²) >= 11 is 0. The molecule has 0 bridgehead atoms. The van der Waals surface area contributed by atoms with Crippen LogP contribution >= 0.6 is 0 Å². The summed E-state index contributed by atoms with van der Waals surface area (Å²) in [6, 6.07) is 40.6. The molecule has 8 rings (SSSR count). The molecule has 4 aliphatic rings. The van der Waals surface area contributed by atoms with Crippen LogP contribution in [-0.4, -0.2) is 0 Å². The Kier molecular flexibility index (Phi) is 2.97. The summed E-state index contributed by atoms with van der Waals surface area (Å²) in [6.45, 7) is 0. The van der Waals surface area contributed by atoms with Crippen molar-refractivity contribution in [3.05, 3.63) is 130 Å².